The molecule has 2 amide bonds. The van der Waals surface area contributed by atoms with Crippen molar-refractivity contribution in [2.75, 3.05) is 11.9 Å². The van der Waals surface area contributed by atoms with Gasteiger partial charge in [0.1, 0.15) is 6.04 Å². The van der Waals surface area contributed by atoms with Crippen molar-refractivity contribution in [1.82, 2.24) is 5.32 Å². The maximum Gasteiger partial charge on any atom is 0.240 e. The van der Waals surface area contributed by atoms with Crippen LogP contribution in [0.15, 0.2) is 22.7 Å². The normalized spacial score (nSPS) is 11.8. The molecule has 0 aliphatic rings. The average Bonchev–Trinajstić information content (AvgIpc) is 2.39. The first kappa shape index (κ1) is 16.8. The number of hydrogen-bond acceptors (Lipinski definition) is 3. The van der Waals surface area contributed by atoms with E-state index in [1.165, 1.54) is 0 Å². The van der Waals surface area contributed by atoms with Crippen LogP contribution in [0.1, 0.15) is 19.8 Å². The molecule has 1 aromatic carbocycles. The highest BCUT2D eigenvalue weighted by atomic mass is 79.9. The molecule has 0 radical (unpaired) electrons. The lowest BCUT2D eigenvalue weighted by molar-refractivity contribution is -0.125. The van der Waals surface area contributed by atoms with Crippen LogP contribution in [0, 0.1) is 0 Å². The molecule has 110 valence electrons. The first-order valence-electron chi connectivity index (χ1n) is 6.21. The lowest BCUT2D eigenvalue weighted by Gasteiger charge is -2.17. The largest absolute Gasteiger partial charge is 0.373 e. The summed E-state index contributed by atoms with van der Waals surface area (Å²) in [6.45, 7) is 2.53. The summed E-state index contributed by atoms with van der Waals surface area (Å²) in [5, 5.41) is 6.20. The molecule has 1 unspecified atom stereocenters. The van der Waals surface area contributed by atoms with Gasteiger partial charge in [0.15, 0.2) is 0 Å². The zero-order valence-electron chi connectivity index (χ0n) is 11.1. The fourth-order valence-corrected chi connectivity index (χ4v) is 2.03. The van der Waals surface area contributed by atoms with Crippen LogP contribution in [0.5, 0.6) is 0 Å². The molecule has 0 aliphatic heterocycles. The van der Waals surface area contributed by atoms with E-state index >= 15 is 0 Å². The molecule has 1 rings (SSSR count). The number of primary amides is 1. The Balaban J connectivity index is 2.69. The quantitative estimate of drug-likeness (QED) is 0.696. The number of carbonyl (C=O) groups is 2. The third-order valence-corrected chi connectivity index (χ3v) is 3.78. The van der Waals surface area contributed by atoms with Gasteiger partial charge in [-0.2, -0.15) is 0 Å². The molecule has 0 bridgehead atoms. The summed E-state index contributed by atoms with van der Waals surface area (Å²) in [5.41, 5.74) is 5.97. The SMILES string of the molecule is CCCNC(=O)CC(Nc1ccc(Cl)c(Br)c1)C(N)=O. The Morgan fingerprint density at radius 2 is 2.15 bits per heavy atom. The number of nitrogens with one attached hydrogen (secondary N) is 2. The van der Waals surface area contributed by atoms with Crippen LogP contribution in [-0.4, -0.2) is 24.4 Å². The number of amides is 2. The Bertz CT molecular complexity index is 497. The highest BCUT2D eigenvalue weighted by Crippen LogP contribution is 2.26. The third-order valence-electron chi connectivity index (χ3n) is 2.57. The second-order valence-electron chi connectivity index (χ2n) is 4.28. The van der Waals surface area contributed by atoms with Gasteiger partial charge >= 0.3 is 0 Å². The highest BCUT2D eigenvalue weighted by Gasteiger charge is 2.19. The van der Waals surface area contributed by atoms with E-state index in [1.807, 2.05) is 6.92 Å². The molecular formula is C13H17BrClN3O2. The molecular weight excluding hydrogens is 346 g/mol. The minimum absolute atomic E-state index is 0.00439. The van der Waals surface area contributed by atoms with Crippen molar-refractivity contribution in [2.24, 2.45) is 5.73 Å². The molecule has 1 atom stereocenters. The van der Waals surface area contributed by atoms with Crippen LogP contribution in [0.2, 0.25) is 5.02 Å². The molecule has 7 heteroatoms. The van der Waals surface area contributed by atoms with Gasteiger partial charge in [0.25, 0.3) is 0 Å². The second-order valence-corrected chi connectivity index (χ2v) is 5.54. The van der Waals surface area contributed by atoms with E-state index < -0.39 is 11.9 Å². The molecule has 0 saturated heterocycles. The molecule has 0 saturated carbocycles. The lowest BCUT2D eigenvalue weighted by Crippen LogP contribution is -2.40. The zero-order chi connectivity index (χ0) is 15.1. The van der Waals surface area contributed by atoms with Crippen molar-refractivity contribution >= 4 is 45.0 Å². The number of benzene rings is 1. The maximum atomic E-state index is 11.6. The summed E-state index contributed by atoms with van der Waals surface area (Å²) in [6, 6.07) is 4.36. The van der Waals surface area contributed by atoms with E-state index in [4.69, 9.17) is 17.3 Å². The minimum atomic E-state index is -0.764. The van der Waals surface area contributed by atoms with Crippen LogP contribution in [0.3, 0.4) is 0 Å². The van der Waals surface area contributed by atoms with Gasteiger partial charge in [0, 0.05) is 16.7 Å². The molecule has 1 aromatic rings. The fourth-order valence-electron chi connectivity index (χ4n) is 1.53. The molecule has 0 fully saturated rings. The van der Waals surface area contributed by atoms with Crippen LogP contribution in [0.25, 0.3) is 0 Å². The summed E-state index contributed by atoms with van der Waals surface area (Å²) in [5.74, 6) is -0.793. The molecule has 5 nitrogen and oxygen atoms in total. The van der Waals surface area contributed by atoms with E-state index in [2.05, 4.69) is 26.6 Å². The first-order valence-corrected chi connectivity index (χ1v) is 7.38. The van der Waals surface area contributed by atoms with Crippen molar-refractivity contribution in [3.05, 3.63) is 27.7 Å². The number of rotatable bonds is 7. The molecule has 4 N–H and O–H groups in total. The Morgan fingerprint density at radius 3 is 2.70 bits per heavy atom. The van der Waals surface area contributed by atoms with E-state index in [0.29, 0.717) is 21.7 Å². The molecule has 0 spiro atoms. The Morgan fingerprint density at radius 1 is 1.45 bits per heavy atom. The molecule has 0 aromatic heterocycles. The van der Waals surface area contributed by atoms with Crippen molar-refractivity contribution < 1.29 is 9.59 Å². The number of anilines is 1. The fraction of sp³-hybridized carbons (Fsp3) is 0.385. The van der Waals surface area contributed by atoms with Gasteiger partial charge in [0.2, 0.25) is 11.8 Å². The lowest BCUT2D eigenvalue weighted by atomic mass is 10.1. The van der Waals surface area contributed by atoms with Gasteiger partial charge in [0.05, 0.1) is 11.4 Å². The Kier molecular flexibility index (Phi) is 6.81. The average molecular weight is 363 g/mol. The smallest absolute Gasteiger partial charge is 0.240 e. The monoisotopic (exact) mass is 361 g/mol. The van der Waals surface area contributed by atoms with Crippen LogP contribution in [0.4, 0.5) is 5.69 Å². The van der Waals surface area contributed by atoms with Gasteiger partial charge in [-0.05, 0) is 40.5 Å². The van der Waals surface area contributed by atoms with Crippen molar-refractivity contribution in [1.29, 1.82) is 0 Å². The summed E-state index contributed by atoms with van der Waals surface area (Å²) >= 11 is 9.18. The van der Waals surface area contributed by atoms with Crippen LogP contribution in [-0.2, 0) is 9.59 Å². The van der Waals surface area contributed by atoms with Crippen LogP contribution >= 0.6 is 27.5 Å². The Labute approximate surface area is 131 Å². The highest BCUT2D eigenvalue weighted by molar-refractivity contribution is 9.10. The van der Waals surface area contributed by atoms with E-state index in [-0.39, 0.29) is 12.3 Å². The van der Waals surface area contributed by atoms with Gasteiger partial charge in [-0.1, -0.05) is 18.5 Å². The van der Waals surface area contributed by atoms with Crippen molar-refractivity contribution in [3.8, 4) is 0 Å². The molecule has 20 heavy (non-hydrogen) atoms. The number of carbonyl (C=O) groups excluding carboxylic acids is 2. The first-order chi connectivity index (χ1) is 9.43. The number of nitrogens with two attached hydrogens (primary N) is 1. The van der Waals surface area contributed by atoms with E-state index in [1.54, 1.807) is 18.2 Å². The van der Waals surface area contributed by atoms with Crippen LogP contribution < -0.4 is 16.4 Å². The Hall–Kier alpha value is -1.27. The summed E-state index contributed by atoms with van der Waals surface area (Å²) in [4.78, 5) is 23.0. The van der Waals surface area contributed by atoms with Gasteiger partial charge in [-0.25, -0.2) is 0 Å². The van der Waals surface area contributed by atoms with Gasteiger partial charge in [-0.15, -0.1) is 0 Å². The van der Waals surface area contributed by atoms with Crippen molar-refractivity contribution in [3.63, 3.8) is 0 Å². The standard InChI is InChI=1S/C13H17BrClN3O2/c1-2-5-17-12(19)7-11(13(16)20)18-8-3-4-10(15)9(14)6-8/h3-4,6,11,18H,2,5,7H2,1H3,(H2,16,20)(H,17,19). The summed E-state index contributed by atoms with van der Waals surface area (Å²) < 4.78 is 0.697. The number of hydrogen-bond donors (Lipinski definition) is 3. The zero-order valence-corrected chi connectivity index (χ0v) is 13.4. The van der Waals surface area contributed by atoms with Gasteiger partial charge < -0.3 is 16.4 Å². The third kappa shape index (κ3) is 5.38. The summed E-state index contributed by atoms with van der Waals surface area (Å²) in [6.07, 6.45) is 0.833. The van der Waals surface area contributed by atoms with Gasteiger partial charge in [-0.3, -0.25) is 9.59 Å². The predicted molar refractivity (Wildman–Crippen MR) is 83.7 cm³/mol. The molecule has 0 heterocycles. The van der Waals surface area contributed by atoms with Crippen molar-refractivity contribution in [2.45, 2.75) is 25.8 Å². The number of halogens is 2. The predicted octanol–water partition coefficient (Wildman–Crippen LogP) is 2.28. The second kappa shape index (κ2) is 8.11. The summed E-state index contributed by atoms with van der Waals surface area (Å²) in [7, 11) is 0. The minimum Gasteiger partial charge on any atom is -0.373 e. The van der Waals surface area contributed by atoms with E-state index in [0.717, 1.165) is 6.42 Å². The van der Waals surface area contributed by atoms with E-state index in [9.17, 15) is 9.59 Å². The maximum absolute atomic E-state index is 11.6. The topological polar surface area (TPSA) is 84.2 Å². The molecule has 0 aliphatic carbocycles.